The number of nitrogens with zero attached hydrogens (tertiary/aromatic N) is 2. The Kier molecular flexibility index (Phi) is 20.0. The molecule has 0 aromatic rings. The number of aliphatic hydroxyl groups is 1. The number of nitrogens with one attached hydrogen (secondary N) is 1. The Bertz CT molecular complexity index is 804. The average Bonchev–Trinajstić information content (AvgIpc) is 3.49. The first-order valence-corrected chi connectivity index (χ1v) is 12.6. The molecule has 0 radical (unpaired) electrons. The minimum atomic E-state index is -0.493. The molecule has 0 aromatic carbocycles. The van der Waals surface area contributed by atoms with Crippen LogP contribution in [0.2, 0.25) is 0 Å². The lowest BCUT2D eigenvalue weighted by Gasteiger charge is -2.26. The quantitative estimate of drug-likeness (QED) is 0.257. The molecular formula is C28H48N4O6. The van der Waals surface area contributed by atoms with Gasteiger partial charge in [-0.25, -0.2) is 4.79 Å². The molecular weight excluding hydrogens is 488 g/mol. The third kappa shape index (κ3) is 17.9. The molecule has 10 nitrogen and oxygen atoms in total. The van der Waals surface area contributed by atoms with Crippen LogP contribution in [0.25, 0.3) is 0 Å². The zero-order valence-electron chi connectivity index (χ0n) is 23.8. The maximum absolute atomic E-state index is 11.6. The largest absolute Gasteiger partial charge is 0.516 e. The summed E-state index contributed by atoms with van der Waals surface area (Å²) in [5, 5.41) is 10.2. The standard InChI is InChI=1S/C10H17NO3.C9H17N3O2.C7H10.C2H4O/c1-10(2,3)14-9(13)11-6-4-5-8(11)7-12;1-11-5-9(14)12-3-2-7(6-12)4-8(10)13;1-4-6-7(3)5-2;1-2-3/h7-8H,4-6H2,1-3H3;7,11H,2-6H2,1H3,(H2,10,13);4-6H,1-2H2,3H3;2-3H,1H2/b;;7-6-;. The van der Waals surface area contributed by atoms with E-state index in [1.165, 1.54) is 4.90 Å². The highest BCUT2D eigenvalue weighted by Gasteiger charge is 2.31. The van der Waals surface area contributed by atoms with Gasteiger partial charge >= 0.3 is 6.09 Å². The van der Waals surface area contributed by atoms with Gasteiger partial charge in [0.05, 0.1) is 18.8 Å². The van der Waals surface area contributed by atoms with Crippen molar-refractivity contribution in [2.24, 2.45) is 11.7 Å². The molecule has 2 rings (SSSR count). The lowest BCUT2D eigenvalue weighted by atomic mass is 10.1. The van der Waals surface area contributed by atoms with Crippen molar-refractivity contribution in [3.63, 3.8) is 0 Å². The molecule has 4 N–H and O–H groups in total. The molecule has 0 saturated carbocycles. The van der Waals surface area contributed by atoms with Gasteiger partial charge in [-0.3, -0.25) is 14.5 Å². The molecule has 38 heavy (non-hydrogen) atoms. The lowest BCUT2D eigenvalue weighted by molar-refractivity contribution is -0.129. The van der Waals surface area contributed by atoms with E-state index >= 15 is 0 Å². The highest BCUT2D eigenvalue weighted by molar-refractivity contribution is 5.79. The van der Waals surface area contributed by atoms with Crippen molar-refractivity contribution in [3.05, 3.63) is 49.8 Å². The minimum Gasteiger partial charge on any atom is -0.516 e. The van der Waals surface area contributed by atoms with Crippen LogP contribution in [0.1, 0.15) is 53.4 Å². The molecule has 2 saturated heterocycles. The van der Waals surface area contributed by atoms with Crippen LogP contribution in [0.4, 0.5) is 4.79 Å². The predicted molar refractivity (Wildman–Crippen MR) is 151 cm³/mol. The van der Waals surface area contributed by atoms with E-state index < -0.39 is 5.60 Å². The van der Waals surface area contributed by atoms with Crippen molar-refractivity contribution >= 4 is 24.2 Å². The summed E-state index contributed by atoms with van der Waals surface area (Å²) in [5.74, 6) is 0.0747. The molecule has 2 fully saturated rings. The van der Waals surface area contributed by atoms with E-state index in [1.54, 1.807) is 24.1 Å². The number of carbonyl (C=O) groups excluding carboxylic acids is 4. The van der Waals surface area contributed by atoms with Crippen molar-refractivity contribution in [2.45, 2.75) is 65.0 Å². The van der Waals surface area contributed by atoms with Gasteiger partial charge in [0, 0.05) is 26.1 Å². The summed E-state index contributed by atoms with van der Waals surface area (Å²) in [6.45, 7) is 19.8. The minimum absolute atomic E-state index is 0.0967. The van der Waals surface area contributed by atoms with E-state index in [-0.39, 0.29) is 29.9 Å². The van der Waals surface area contributed by atoms with Crippen LogP contribution in [0.15, 0.2) is 49.8 Å². The summed E-state index contributed by atoms with van der Waals surface area (Å²) in [4.78, 5) is 47.6. The number of carbonyl (C=O) groups is 4. The van der Waals surface area contributed by atoms with Gasteiger partial charge in [0.1, 0.15) is 11.9 Å². The third-order valence-corrected chi connectivity index (χ3v) is 5.24. The predicted octanol–water partition coefficient (Wildman–Crippen LogP) is 3.51. The normalized spacial score (nSPS) is 18.3. The average molecular weight is 537 g/mol. The molecule has 3 amide bonds. The summed E-state index contributed by atoms with van der Waals surface area (Å²) in [7, 11) is 1.74. The fourth-order valence-electron chi connectivity index (χ4n) is 3.51. The van der Waals surface area contributed by atoms with Gasteiger partial charge < -0.3 is 30.6 Å². The summed E-state index contributed by atoms with van der Waals surface area (Å²) in [6.07, 6.45) is 9.54. The Hall–Kier alpha value is -3.40. The van der Waals surface area contributed by atoms with E-state index in [0.29, 0.717) is 26.1 Å². The van der Waals surface area contributed by atoms with Crippen LogP contribution < -0.4 is 11.1 Å². The smallest absolute Gasteiger partial charge is 0.410 e. The molecule has 216 valence electrons. The van der Waals surface area contributed by atoms with E-state index in [4.69, 9.17) is 15.6 Å². The number of ether oxygens (including phenoxy) is 1. The van der Waals surface area contributed by atoms with Gasteiger partial charge in [-0.1, -0.05) is 43.5 Å². The highest BCUT2D eigenvalue weighted by atomic mass is 16.6. The molecule has 2 aliphatic rings. The highest BCUT2D eigenvalue weighted by Crippen LogP contribution is 2.20. The second kappa shape index (κ2) is 20.6. The summed E-state index contributed by atoms with van der Waals surface area (Å²) in [6, 6.07) is -0.287. The lowest BCUT2D eigenvalue weighted by Crippen LogP contribution is -2.40. The second-order valence-corrected chi connectivity index (χ2v) is 9.75. The fourth-order valence-corrected chi connectivity index (χ4v) is 3.51. The zero-order chi connectivity index (χ0) is 29.7. The maximum Gasteiger partial charge on any atom is 0.410 e. The first-order chi connectivity index (χ1) is 17.8. The van der Waals surface area contributed by atoms with Gasteiger partial charge in [0.25, 0.3) is 0 Å². The van der Waals surface area contributed by atoms with Crippen LogP contribution >= 0.6 is 0 Å². The number of primary amides is 1. The van der Waals surface area contributed by atoms with Crippen molar-refractivity contribution in [3.8, 4) is 0 Å². The van der Waals surface area contributed by atoms with Gasteiger partial charge in [-0.2, -0.15) is 0 Å². The molecule has 0 aliphatic carbocycles. The number of aldehydes is 1. The van der Waals surface area contributed by atoms with Crippen LogP contribution in [0.3, 0.4) is 0 Å². The first kappa shape index (κ1) is 36.8. The number of hydrogen-bond acceptors (Lipinski definition) is 7. The van der Waals surface area contributed by atoms with Crippen molar-refractivity contribution in [2.75, 3.05) is 33.2 Å². The first-order valence-electron chi connectivity index (χ1n) is 12.6. The number of aliphatic hydroxyl groups excluding tert-OH is 1. The fraction of sp³-hybridized carbons (Fsp3) is 0.571. The van der Waals surface area contributed by atoms with E-state index in [1.807, 2.05) is 33.8 Å². The van der Waals surface area contributed by atoms with E-state index in [0.717, 1.165) is 43.9 Å². The Morgan fingerprint density at radius 3 is 2.18 bits per heavy atom. The van der Waals surface area contributed by atoms with Crippen LogP contribution in [0, 0.1) is 5.92 Å². The zero-order valence-corrected chi connectivity index (χ0v) is 23.8. The van der Waals surface area contributed by atoms with Gasteiger partial charge in [0.2, 0.25) is 11.8 Å². The van der Waals surface area contributed by atoms with Crippen LogP contribution in [0.5, 0.6) is 0 Å². The maximum atomic E-state index is 11.6. The van der Waals surface area contributed by atoms with E-state index in [2.05, 4.69) is 25.1 Å². The van der Waals surface area contributed by atoms with Crippen molar-refractivity contribution < 1.29 is 29.0 Å². The molecule has 0 spiro atoms. The van der Waals surface area contributed by atoms with Crippen molar-refractivity contribution in [1.29, 1.82) is 0 Å². The number of hydrogen-bond donors (Lipinski definition) is 3. The number of amides is 3. The molecule has 2 atom stereocenters. The van der Waals surface area contributed by atoms with Crippen LogP contribution in [-0.4, -0.2) is 84.0 Å². The number of likely N-dealkylation sites (tertiary alicyclic amines) is 2. The molecule has 10 heteroatoms. The van der Waals surface area contributed by atoms with Gasteiger partial charge in [-0.15, -0.1) is 0 Å². The third-order valence-electron chi connectivity index (χ3n) is 5.24. The number of nitrogens with two attached hydrogens (primary N) is 1. The molecule has 2 heterocycles. The summed E-state index contributed by atoms with van der Waals surface area (Å²) < 4.78 is 5.18. The molecule has 0 bridgehead atoms. The number of likely N-dealkylation sites (N-methyl/N-ethyl adjacent to an activating group) is 1. The molecule has 2 unspecified atom stereocenters. The molecule has 2 aliphatic heterocycles. The van der Waals surface area contributed by atoms with Crippen LogP contribution in [-0.2, 0) is 19.1 Å². The van der Waals surface area contributed by atoms with E-state index in [9.17, 15) is 19.2 Å². The Morgan fingerprint density at radius 1 is 1.16 bits per heavy atom. The second-order valence-electron chi connectivity index (χ2n) is 9.75. The Morgan fingerprint density at radius 2 is 1.76 bits per heavy atom. The van der Waals surface area contributed by atoms with Gasteiger partial charge in [-0.05, 0) is 59.9 Å². The summed E-state index contributed by atoms with van der Waals surface area (Å²) >= 11 is 0. The van der Waals surface area contributed by atoms with Gasteiger partial charge in [0.15, 0.2) is 0 Å². The number of rotatable bonds is 7. The SMILES string of the molecule is C=C/C=C(/C)C=C.C=CO.CC(C)(C)OC(=O)N1CCCC1C=O.CNCC(=O)N1CCC(CC(N)=O)C1. The Labute approximate surface area is 228 Å². The monoisotopic (exact) mass is 536 g/mol. The molecule has 0 aromatic heterocycles. The topological polar surface area (TPSA) is 142 Å². The summed E-state index contributed by atoms with van der Waals surface area (Å²) in [5.41, 5.74) is 5.75. The Balaban J connectivity index is 0. The number of allylic oxidation sites excluding steroid dienone is 4. The van der Waals surface area contributed by atoms with Crippen molar-refractivity contribution in [1.82, 2.24) is 15.1 Å².